The number of anilines is 1. The number of rotatable bonds is 7. The van der Waals surface area contributed by atoms with Gasteiger partial charge in [0.05, 0.1) is 0 Å². The Kier molecular flexibility index (Phi) is 6.64. The lowest BCUT2D eigenvalue weighted by molar-refractivity contribution is 0.0676. The Morgan fingerprint density at radius 2 is 2.10 bits per heavy atom. The van der Waals surface area contributed by atoms with Crippen molar-refractivity contribution in [3.63, 3.8) is 0 Å². The van der Waals surface area contributed by atoms with Crippen LogP contribution in [0.25, 0.3) is 0 Å². The number of ether oxygens (including phenoxy) is 1. The van der Waals surface area contributed by atoms with Crippen LogP contribution in [0.5, 0.6) is 0 Å². The van der Waals surface area contributed by atoms with Gasteiger partial charge in [-0.25, -0.2) is 0 Å². The molecule has 0 amide bonds. The van der Waals surface area contributed by atoms with E-state index in [2.05, 4.69) is 55.8 Å². The molecule has 0 saturated carbocycles. The summed E-state index contributed by atoms with van der Waals surface area (Å²) in [7, 11) is 3.76. The molecule has 2 saturated heterocycles. The summed E-state index contributed by atoms with van der Waals surface area (Å²) in [5, 5.41) is 3.52. The molecule has 5 heteroatoms. The van der Waals surface area contributed by atoms with Gasteiger partial charge in [-0.15, -0.1) is 8.86 Å². The zero-order chi connectivity index (χ0) is 20.2. The molecular weight excluding hydrogens is 377 g/mol. The molecular formula is C24H32N3OP. The number of allylic oxidation sites excluding steroid dienone is 3. The summed E-state index contributed by atoms with van der Waals surface area (Å²) in [5.74, 6) is 0.673. The number of nitrogens with zero attached hydrogens (tertiary/aromatic N) is 2. The Balaban J connectivity index is 1.41. The Labute approximate surface area is 177 Å². The van der Waals surface area contributed by atoms with Gasteiger partial charge in [-0.05, 0) is 67.7 Å². The van der Waals surface area contributed by atoms with Gasteiger partial charge in [0.2, 0.25) is 0 Å². The summed E-state index contributed by atoms with van der Waals surface area (Å²) in [6, 6.07) is 2.15. The molecule has 4 rings (SSSR count). The van der Waals surface area contributed by atoms with E-state index in [1.54, 1.807) is 0 Å². The zero-order valence-corrected chi connectivity index (χ0v) is 18.5. The van der Waals surface area contributed by atoms with Crippen LogP contribution in [0.3, 0.4) is 0 Å². The molecule has 0 spiro atoms. The first kappa shape index (κ1) is 20.5. The maximum absolute atomic E-state index is 5.45. The molecule has 2 fully saturated rings. The van der Waals surface area contributed by atoms with E-state index < -0.39 is 0 Å². The van der Waals surface area contributed by atoms with E-state index in [1.807, 2.05) is 6.20 Å². The second kappa shape index (κ2) is 9.38. The van der Waals surface area contributed by atoms with Crippen molar-refractivity contribution >= 4 is 20.0 Å². The summed E-state index contributed by atoms with van der Waals surface area (Å²) in [5.41, 5.74) is 8.58. The highest BCUT2D eigenvalue weighted by Gasteiger charge is 2.26. The lowest BCUT2D eigenvalue weighted by atomic mass is 10.00. The molecule has 0 unspecified atom stereocenters. The number of hydrogen-bond acceptors (Lipinski definition) is 3. The standard InChI is InChI=1S/C24H32N3OP/c1-17(24(29)26-16-19-9-13-28-14-10-19)15-21-18(2)22(7-11-25-21)27-12-8-20-5-3-4-6-23(20)27/h5-7,11,19,26,29H,1,3-4,8-10,12-16H2,2H3. The first-order valence-electron chi connectivity index (χ1n) is 10.8. The van der Waals surface area contributed by atoms with Gasteiger partial charge in [0.1, 0.15) is 0 Å². The topological polar surface area (TPSA) is 37.4 Å². The average Bonchev–Trinajstić information content (AvgIpc) is 3.18. The van der Waals surface area contributed by atoms with Crippen molar-refractivity contribution < 1.29 is 4.74 Å². The van der Waals surface area contributed by atoms with E-state index in [4.69, 9.17) is 4.74 Å². The van der Waals surface area contributed by atoms with Gasteiger partial charge in [0.25, 0.3) is 0 Å². The van der Waals surface area contributed by atoms with Gasteiger partial charge in [-0.3, -0.25) is 10.3 Å². The highest BCUT2D eigenvalue weighted by molar-refractivity contribution is 7.21. The number of hydrogen-bond donors (Lipinski definition) is 1. The SMILES string of the molecule is C=C(Cc1nccc(N2CCC3=CCCC=C32)c1C)C(=P)NCC1CCOCC1. The highest BCUT2D eigenvalue weighted by atomic mass is 31.0. The molecule has 29 heavy (non-hydrogen) atoms. The van der Waals surface area contributed by atoms with E-state index in [0.29, 0.717) is 5.92 Å². The lowest BCUT2D eigenvalue weighted by Gasteiger charge is -2.25. The minimum atomic E-state index is 0.673. The fourth-order valence-electron chi connectivity index (χ4n) is 4.48. The number of fused-ring (bicyclic) bond motifs is 1. The van der Waals surface area contributed by atoms with Crippen molar-refractivity contribution in [3.8, 4) is 0 Å². The summed E-state index contributed by atoms with van der Waals surface area (Å²) in [4.78, 5) is 7.15. The van der Waals surface area contributed by atoms with Crippen LogP contribution in [-0.2, 0) is 11.2 Å². The summed E-state index contributed by atoms with van der Waals surface area (Å²) < 4.78 is 5.45. The van der Waals surface area contributed by atoms with Gasteiger partial charge in [0.15, 0.2) is 0 Å². The van der Waals surface area contributed by atoms with Crippen molar-refractivity contribution in [2.45, 2.75) is 45.4 Å². The van der Waals surface area contributed by atoms with Gasteiger partial charge in [-0.2, -0.15) is 0 Å². The van der Waals surface area contributed by atoms with Crippen LogP contribution in [0.2, 0.25) is 0 Å². The molecule has 0 radical (unpaired) electrons. The van der Waals surface area contributed by atoms with E-state index in [0.717, 1.165) is 75.1 Å². The molecule has 3 aliphatic rings. The number of pyridine rings is 1. The molecule has 4 nitrogen and oxygen atoms in total. The van der Waals surface area contributed by atoms with Crippen LogP contribution in [0.15, 0.2) is 47.8 Å². The van der Waals surface area contributed by atoms with Crippen molar-refractivity contribution in [2.24, 2.45) is 5.92 Å². The van der Waals surface area contributed by atoms with E-state index in [9.17, 15) is 0 Å². The third kappa shape index (κ3) is 4.71. The summed E-state index contributed by atoms with van der Waals surface area (Å²) >= 11 is 0. The molecule has 2 aliphatic heterocycles. The van der Waals surface area contributed by atoms with E-state index in [-0.39, 0.29) is 0 Å². The molecule has 0 aromatic carbocycles. The minimum absolute atomic E-state index is 0.673. The molecule has 1 aromatic heterocycles. The van der Waals surface area contributed by atoms with Crippen LogP contribution in [-0.4, -0.2) is 36.7 Å². The molecule has 1 aromatic rings. The fourth-order valence-corrected chi connectivity index (χ4v) is 4.67. The Morgan fingerprint density at radius 1 is 1.31 bits per heavy atom. The second-order valence-corrected chi connectivity index (χ2v) is 8.79. The summed E-state index contributed by atoms with van der Waals surface area (Å²) in [6.45, 7) is 10.3. The molecule has 0 atom stereocenters. The molecule has 1 aliphatic carbocycles. The molecule has 3 heterocycles. The van der Waals surface area contributed by atoms with Crippen molar-refractivity contribution in [3.05, 3.63) is 59.1 Å². The average molecular weight is 410 g/mol. The molecule has 154 valence electrons. The Morgan fingerprint density at radius 3 is 2.93 bits per heavy atom. The largest absolute Gasteiger partial charge is 0.381 e. The van der Waals surface area contributed by atoms with Crippen LogP contribution < -0.4 is 10.2 Å². The van der Waals surface area contributed by atoms with Gasteiger partial charge in [0, 0.05) is 61.4 Å². The zero-order valence-electron chi connectivity index (χ0n) is 17.5. The predicted molar refractivity (Wildman–Crippen MR) is 124 cm³/mol. The third-order valence-corrected chi connectivity index (χ3v) is 6.86. The van der Waals surface area contributed by atoms with Crippen LogP contribution in [0.1, 0.15) is 43.4 Å². The second-order valence-electron chi connectivity index (χ2n) is 8.29. The fraction of sp³-hybridized carbons (Fsp3) is 0.500. The van der Waals surface area contributed by atoms with E-state index in [1.165, 1.54) is 28.9 Å². The van der Waals surface area contributed by atoms with Gasteiger partial charge in [-0.1, -0.05) is 18.7 Å². The normalized spacial score (nSPS) is 19.6. The number of nitrogens with one attached hydrogen (secondary N) is 1. The van der Waals surface area contributed by atoms with Crippen molar-refractivity contribution in [1.82, 2.24) is 10.3 Å². The smallest absolute Gasteiger partial charge is 0.0497 e. The quantitative estimate of drug-likeness (QED) is 0.669. The molecule has 0 bridgehead atoms. The third-order valence-electron chi connectivity index (χ3n) is 6.33. The van der Waals surface area contributed by atoms with Crippen LogP contribution in [0.4, 0.5) is 5.69 Å². The predicted octanol–water partition coefficient (Wildman–Crippen LogP) is 4.59. The Bertz CT molecular complexity index is 852. The summed E-state index contributed by atoms with van der Waals surface area (Å²) in [6.07, 6.45) is 13.2. The maximum Gasteiger partial charge on any atom is 0.0497 e. The minimum Gasteiger partial charge on any atom is -0.381 e. The first-order valence-corrected chi connectivity index (χ1v) is 11.3. The van der Waals surface area contributed by atoms with Gasteiger partial charge >= 0.3 is 0 Å². The number of aromatic nitrogens is 1. The molecule has 1 N–H and O–H groups in total. The monoisotopic (exact) mass is 409 g/mol. The van der Waals surface area contributed by atoms with Crippen molar-refractivity contribution in [2.75, 3.05) is 31.2 Å². The first-order chi connectivity index (χ1) is 14.1. The van der Waals surface area contributed by atoms with Gasteiger partial charge < -0.3 is 9.64 Å². The van der Waals surface area contributed by atoms with Crippen LogP contribution >= 0.6 is 8.86 Å². The lowest BCUT2D eigenvalue weighted by Crippen LogP contribution is -2.32. The Hall–Kier alpha value is -1.74. The highest BCUT2D eigenvalue weighted by Crippen LogP contribution is 2.37. The maximum atomic E-state index is 5.45. The van der Waals surface area contributed by atoms with E-state index >= 15 is 0 Å². The van der Waals surface area contributed by atoms with Crippen LogP contribution in [0, 0.1) is 12.8 Å². The van der Waals surface area contributed by atoms with Crippen molar-refractivity contribution in [1.29, 1.82) is 0 Å².